The van der Waals surface area contributed by atoms with Crippen molar-refractivity contribution in [2.45, 2.75) is 65.7 Å². The van der Waals surface area contributed by atoms with Crippen LogP contribution < -0.4 is 5.32 Å². The Morgan fingerprint density at radius 1 is 1.32 bits per heavy atom. The van der Waals surface area contributed by atoms with Gasteiger partial charge in [-0.2, -0.15) is 5.10 Å². The number of nitrogens with zero attached hydrogens (tertiary/aromatic N) is 2. The molecule has 0 saturated carbocycles. The quantitative estimate of drug-likeness (QED) is 0.769. The highest BCUT2D eigenvalue weighted by Crippen LogP contribution is 2.17. The van der Waals surface area contributed by atoms with Crippen LogP contribution in [0.25, 0.3) is 0 Å². The molecule has 0 unspecified atom stereocenters. The van der Waals surface area contributed by atoms with Crippen molar-refractivity contribution >= 4 is 6.09 Å². The van der Waals surface area contributed by atoms with Crippen molar-refractivity contribution in [3.8, 4) is 0 Å². The smallest absolute Gasteiger partial charge is 0.410 e. The summed E-state index contributed by atoms with van der Waals surface area (Å²) in [6.45, 7) is 13.4. The maximum atomic E-state index is 12.0. The third kappa shape index (κ3) is 6.32. The van der Waals surface area contributed by atoms with Gasteiger partial charge in [0, 0.05) is 37.4 Å². The first-order valence-corrected chi connectivity index (χ1v) is 9.07. The van der Waals surface area contributed by atoms with Gasteiger partial charge >= 0.3 is 6.09 Å². The van der Waals surface area contributed by atoms with Crippen molar-refractivity contribution in [3.63, 3.8) is 0 Å². The number of H-pyrrole nitrogens is 1. The SMILES string of the molecule is Cc1n[nH]c(C)c1CNCCOC1CCN(C(=O)OC(C)(C)C)CC1. The summed E-state index contributed by atoms with van der Waals surface area (Å²) in [5.74, 6) is 0. The van der Waals surface area contributed by atoms with E-state index in [1.807, 2.05) is 34.6 Å². The predicted octanol–water partition coefficient (Wildman–Crippen LogP) is 2.53. The highest BCUT2D eigenvalue weighted by molar-refractivity contribution is 5.68. The second-order valence-electron chi connectivity index (χ2n) is 7.63. The molecule has 1 aromatic rings. The van der Waals surface area contributed by atoms with Crippen LogP contribution in [0, 0.1) is 13.8 Å². The number of aromatic amines is 1. The lowest BCUT2D eigenvalue weighted by molar-refractivity contribution is -0.0104. The molecule has 142 valence electrons. The van der Waals surface area contributed by atoms with E-state index in [4.69, 9.17) is 9.47 Å². The molecular weight excluding hydrogens is 320 g/mol. The highest BCUT2D eigenvalue weighted by Gasteiger charge is 2.27. The average molecular weight is 352 g/mol. The zero-order chi connectivity index (χ0) is 18.4. The molecule has 0 aromatic carbocycles. The molecule has 0 spiro atoms. The van der Waals surface area contributed by atoms with Crippen molar-refractivity contribution in [3.05, 3.63) is 17.0 Å². The van der Waals surface area contributed by atoms with Crippen LogP contribution in [0.2, 0.25) is 0 Å². The lowest BCUT2D eigenvalue weighted by Crippen LogP contribution is -2.43. The molecule has 1 aromatic heterocycles. The number of carbonyl (C=O) groups excluding carboxylic acids is 1. The van der Waals surface area contributed by atoms with E-state index in [1.54, 1.807) is 4.90 Å². The van der Waals surface area contributed by atoms with Crippen LogP contribution in [-0.2, 0) is 16.0 Å². The van der Waals surface area contributed by atoms with E-state index in [1.165, 1.54) is 5.56 Å². The van der Waals surface area contributed by atoms with Gasteiger partial charge in [-0.3, -0.25) is 5.10 Å². The van der Waals surface area contributed by atoms with E-state index in [9.17, 15) is 4.79 Å². The van der Waals surface area contributed by atoms with E-state index < -0.39 is 5.60 Å². The number of ether oxygens (including phenoxy) is 2. The van der Waals surface area contributed by atoms with Crippen LogP contribution in [0.15, 0.2) is 0 Å². The Labute approximate surface area is 150 Å². The molecule has 2 N–H and O–H groups in total. The summed E-state index contributed by atoms with van der Waals surface area (Å²) in [4.78, 5) is 13.8. The summed E-state index contributed by atoms with van der Waals surface area (Å²) >= 11 is 0. The molecule has 0 radical (unpaired) electrons. The molecular formula is C18H32N4O3. The number of carbonyl (C=O) groups is 1. The zero-order valence-electron chi connectivity index (χ0n) is 16.1. The number of aryl methyl sites for hydroxylation is 2. The normalized spacial score (nSPS) is 16.3. The van der Waals surface area contributed by atoms with Gasteiger partial charge in [-0.1, -0.05) is 0 Å². The minimum Gasteiger partial charge on any atom is -0.444 e. The van der Waals surface area contributed by atoms with Gasteiger partial charge in [0.1, 0.15) is 5.60 Å². The molecule has 1 amide bonds. The Morgan fingerprint density at radius 3 is 2.56 bits per heavy atom. The first-order valence-electron chi connectivity index (χ1n) is 9.07. The summed E-state index contributed by atoms with van der Waals surface area (Å²) in [6, 6.07) is 0. The van der Waals surface area contributed by atoms with Gasteiger partial charge in [-0.05, 0) is 47.5 Å². The fraction of sp³-hybridized carbons (Fsp3) is 0.778. The van der Waals surface area contributed by atoms with Gasteiger partial charge in [-0.15, -0.1) is 0 Å². The van der Waals surface area contributed by atoms with Gasteiger partial charge in [0.2, 0.25) is 0 Å². The Bertz CT molecular complexity index is 538. The van der Waals surface area contributed by atoms with Crippen LogP contribution in [0.1, 0.15) is 50.6 Å². The summed E-state index contributed by atoms with van der Waals surface area (Å²) in [5.41, 5.74) is 2.94. The highest BCUT2D eigenvalue weighted by atomic mass is 16.6. The number of aromatic nitrogens is 2. The van der Waals surface area contributed by atoms with E-state index in [-0.39, 0.29) is 12.2 Å². The number of amides is 1. The average Bonchev–Trinajstić information content (AvgIpc) is 2.85. The molecule has 1 aliphatic rings. The number of hydrogen-bond donors (Lipinski definition) is 2. The maximum absolute atomic E-state index is 12.0. The summed E-state index contributed by atoms with van der Waals surface area (Å²) < 4.78 is 11.3. The molecule has 2 rings (SSSR count). The fourth-order valence-corrected chi connectivity index (χ4v) is 2.88. The van der Waals surface area contributed by atoms with Crippen LogP contribution >= 0.6 is 0 Å². The second kappa shape index (κ2) is 8.67. The van der Waals surface area contributed by atoms with Gasteiger partial charge in [-0.25, -0.2) is 4.79 Å². The lowest BCUT2D eigenvalue weighted by Gasteiger charge is -2.33. The van der Waals surface area contributed by atoms with E-state index in [0.29, 0.717) is 19.7 Å². The summed E-state index contributed by atoms with van der Waals surface area (Å²) in [5, 5.41) is 10.6. The molecule has 7 nitrogen and oxygen atoms in total. The van der Waals surface area contributed by atoms with E-state index in [0.717, 1.165) is 37.3 Å². The van der Waals surface area contributed by atoms with E-state index >= 15 is 0 Å². The van der Waals surface area contributed by atoms with Crippen molar-refractivity contribution in [1.82, 2.24) is 20.4 Å². The second-order valence-corrected chi connectivity index (χ2v) is 7.63. The first-order chi connectivity index (χ1) is 11.8. The molecule has 25 heavy (non-hydrogen) atoms. The largest absolute Gasteiger partial charge is 0.444 e. The van der Waals surface area contributed by atoms with Crippen molar-refractivity contribution in [2.24, 2.45) is 0 Å². The number of likely N-dealkylation sites (tertiary alicyclic amines) is 1. The van der Waals surface area contributed by atoms with Gasteiger partial charge < -0.3 is 19.7 Å². The van der Waals surface area contributed by atoms with Gasteiger partial charge in [0.25, 0.3) is 0 Å². The number of nitrogens with one attached hydrogen (secondary N) is 2. The molecule has 0 atom stereocenters. The Hall–Kier alpha value is -1.60. The van der Waals surface area contributed by atoms with Crippen molar-refractivity contribution in [2.75, 3.05) is 26.2 Å². The van der Waals surface area contributed by atoms with Crippen LogP contribution in [0.5, 0.6) is 0 Å². The monoisotopic (exact) mass is 352 g/mol. The third-order valence-corrected chi connectivity index (χ3v) is 4.31. The summed E-state index contributed by atoms with van der Waals surface area (Å²) in [7, 11) is 0. The third-order valence-electron chi connectivity index (χ3n) is 4.31. The van der Waals surface area contributed by atoms with Crippen LogP contribution in [-0.4, -0.2) is 59.1 Å². The first kappa shape index (κ1) is 19.7. The van der Waals surface area contributed by atoms with Crippen molar-refractivity contribution in [1.29, 1.82) is 0 Å². The predicted molar refractivity (Wildman–Crippen MR) is 96.5 cm³/mol. The molecule has 0 aliphatic carbocycles. The number of rotatable bonds is 6. The fourth-order valence-electron chi connectivity index (χ4n) is 2.88. The summed E-state index contributed by atoms with van der Waals surface area (Å²) in [6.07, 6.45) is 1.72. The zero-order valence-corrected chi connectivity index (χ0v) is 16.1. The molecule has 2 heterocycles. The Morgan fingerprint density at radius 2 is 2.00 bits per heavy atom. The molecule has 1 aliphatic heterocycles. The Kier molecular flexibility index (Phi) is 6.84. The molecule has 1 saturated heterocycles. The Balaban J connectivity index is 1.59. The maximum Gasteiger partial charge on any atom is 0.410 e. The standard InChI is InChI=1S/C18H32N4O3/c1-13-16(14(2)21-20-13)12-19-8-11-24-15-6-9-22(10-7-15)17(23)25-18(3,4)5/h15,19H,6-12H2,1-5H3,(H,20,21). The molecule has 7 heteroatoms. The number of hydrogen-bond acceptors (Lipinski definition) is 5. The van der Waals surface area contributed by atoms with Crippen LogP contribution in [0.4, 0.5) is 4.79 Å². The van der Waals surface area contributed by atoms with Gasteiger partial charge in [0.05, 0.1) is 18.4 Å². The topological polar surface area (TPSA) is 79.5 Å². The minimum atomic E-state index is -0.443. The lowest BCUT2D eigenvalue weighted by atomic mass is 10.1. The van der Waals surface area contributed by atoms with Crippen molar-refractivity contribution < 1.29 is 14.3 Å². The molecule has 0 bridgehead atoms. The van der Waals surface area contributed by atoms with Crippen LogP contribution in [0.3, 0.4) is 0 Å². The van der Waals surface area contributed by atoms with E-state index in [2.05, 4.69) is 15.5 Å². The number of piperidine rings is 1. The van der Waals surface area contributed by atoms with Gasteiger partial charge in [0.15, 0.2) is 0 Å². The molecule has 1 fully saturated rings. The minimum absolute atomic E-state index is 0.220.